The summed E-state index contributed by atoms with van der Waals surface area (Å²) >= 11 is 0. The van der Waals surface area contributed by atoms with E-state index in [1.807, 2.05) is 27.0 Å². The smallest absolute Gasteiger partial charge is 0.222 e. The van der Waals surface area contributed by atoms with Gasteiger partial charge in [0.25, 0.3) is 0 Å². The maximum absolute atomic E-state index is 12.7. The molecule has 1 heterocycles. The molecule has 2 atom stereocenters. The molecule has 0 spiro atoms. The number of aromatic nitrogens is 1. The van der Waals surface area contributed by atoms with Crippen LogP contribution in [0.15, 0.2) is 24.4 Å². The minimum atomic E-state index is -3.39. The van der Waals surface area contributed by atoms with Gasteiger partial charge in [-0.1, -0.05) is 19.9 Å². The Morgan fingerprint density at radius 3 is 2.50 bits per heavy atom. The van der Waals surface area contributed by atoms with Crippen LogP contribution in [0.1, 0.15) is 38.1 Å². The molecule has 0 radical (unpaired) electrons. The summed E-state index contributed by atoms with van der Waals surface area (Å²) < 4.78 is 26.9. The quantitative estimate of drug-likeness (QED) is 0.795. The third kappa shape index (κ3) is 4.01. The van der Waals surface area contributed by atoms with Gasteiger partial charge in [-0.15, -0.1) is 0 Å². The first-order valence-electron chi connectivity index (χ1n) is 7.04. The highest BCUT2D eigenvalue weighted by molar-refractivity contribution is 7.89. The van der Waals surface area contributed by atoms with Crippen LogP contribution in [0.2, 0.25) is 0 Å². The normalized spacial score (nSPS) is 15.2. The van der Waals surface area contributed by atoms with Crippen molar-refractivity contribution in [3.8, 4) is 0 Å². The highest BCUT2D eigenvalue weighted by Crippen LogP contribution is 2.23. The van der Waals surface area contributed by atoms with Gasteiger partial charge in [-0.3, -0.25) is 4.98 Å². The van der Waals surface area contributed by atoms with Gasteiger partial charge in [-0.25, -0.2) is 12.7 Å². The lowest BCUT2D eigenvalue weighted by Gasteiger charge is -2.27. The van der Waals surface area contributed by atoms with E-state index in [-0.39, 0.29) is 6.04 Å². The second-order valence-electron chi connectivity index (χ2n) is 4.79. The molecule has 0 aliphatic rings. The van der Waals surface area contributed by atoms with Gasteiger partial charge in [0.2, 0.25) is 10.0 Å². The molecule has 1 rings (SSSR count). The first kappa shape index (κ1) is 17.1. The summed E-state index contributed by atoms with van der Waals surface area (Å²) in [4.78, 5) is 4.16. The van der Waals surface area contributed by atoms with E-state index >= 15 is 0 Å². The fourth-order valence-corrected chi connectivity index (χ4v) is 3.72. The van der Waals surface area contributed by atoms with E-state index in [2.05, 4.69) is 10.3 Å². The number of hydrogen-bond acceptors (Lipinski definition) is 4. The third-order valence-electron chi connectivity index (χ3n) is 3.59. The average Bonchev–Trinajstić information content (AvgIpc) is 2.48. The van der Waals surface area contributed by atoms with E-state index < -0.39 is 15.3 Å². The van der Waals surface area contributed by atoms with Crippen LogP contribution in [0.4, 0.5) is 0 Å². The molecule has 1 aromatic heterocycles. The molecule has 0 unspecified atom stereocenters. The number of nitrogens with one attached hydrogen (secondary N) is 1. The lowest BCUT2D eigenvalue weighted by molar-refractivity contribution is 0.365. The average molecular weight is 299 g/mol. The Labute approximate surface area is 122 Å². The molecule has 1 aromatic rings. The van der Waals surface area contributed by atoms with Crippen molar-refractivity contribution < 1.29 is 8.42 Å². The van der Waals surface area contributed by atoms with Crippen molar-refractivity contribution in [2.45, 2.75) is 38.5 Å². The van der Waals surface area contributed by atoms with Crippen LogP contribution in [-0.2, 0) is 10.0 Å². The van der Waals surface area contributed by atoms with Crippen molar-refractivity contribution in [1.29, 1.82) is 0 Å². The van der Waals surface area contributed by atoms with Gasteiger partial charge < -0.3 is 5.32 Å². The fraction of sp³-hybridized carbons (Fsp3) is 0.643. The molecule has 20 heavy (non-hydrogen) atoms. The van der Waals surface area contributed by atoms with Gasteiger partial charge in [-0.2, -0.15) is 0 Å². The van der Waals surface area contributed by atoms with Crippen LogP contribution < -0.4 is 5.32 Å². The van der Waals surface area contributed by atoms with Gasteiger partial charge in [0.05, 0.1) is 5.69 Å². The Bertz CT molecular complexity index is 486. The fourth-order valence-electron chi connectivity index (χ4n) is 2.08. The number of hydrogen-bond donors (Lipinski definition) is 1. The highest BCUT2D eigenvalue weighted by Gasteiger charge is 2.30. The first-order chi connectivity index (χ1) is 9.47. The zero-order chi connectivity index (χ0) is 15.2. The summed E-state index contributed by atoms with van der Waals surface area (Å²) in [6, 6.07) is 5.52. The molecule has 0 fully saturated rings. The van der Waals surface area contributed by atoms with E-state index in [1.54, 1.807) is 25.3 Å². The monoisotopic (exact) mass is 299 g/mol. The Hall–Kier alpha value is -0.980. The van der Waals surface area contributed by atoms with Crippen LogP contribution in [-0.4, -0.2) is 43.9 Å². The lowest BCUT2D eigenvalue weighted by Crippen LogP contribution is -2.43. The van der Waals surface area contributed by atoms with Crippen molar-refractivity contribution in [3.63, 3.8) is 0 Å². The molecule has 0 aliphatic carbocycles. The van der Waals surface area contributed by atoms with E-state index in [0.29, 0.717) is 18.8 Å². The number of nitrogens with zero attached hydrogens (tertiary/aromatic N) is 2. The predicted molar refractivity (Wildman–Crippen MR) is 82.0 cm³/mol. The summed E-state index contributed by atoms with van der Waals surface area (Å²) in [6.45, 7) is 6.57. The molecule has 0 bridgehead atoms. The largest absolute Gasteiger partial charge is 0.316 e. The molecule has 1 N–H and O–H groups in total. The Kier molecular flexibility index (Phi) is 6.58. The zero-order valence-corrected chi connectivity index (χ0v) is 13.5. The second-order valence-corrected chi connectivity index (χ2v) is 7.04. The molecule has 6 heteroatoms. The lowest BCUT2D eigenvalue weighted by atomic mass is 10.2. The van der Waals surface area contributed by atoms with Crippen molar-refractivity contribution in [2.24, 2.45) is 0 Å². The topological polar surface area (TPSA) is 62.3 Å². The maximum Gasteiger partial charge on any atom is 0.222 e. The minimum Gasteiger partial charge on any atom is -0.316 e. The summed E-state index contributed by atoms with van der Waals surface area (Å²) in [5.41, 5.74) is 0.587. The van der Waals surface area contributed by atoms with Crippen molar-refractivity contribution in [3.05, 3.63) is 30.1 Å². The van der Waals surface area contributed by atoms with E-state index in [1.165, 1.54) is 4.31 Å². The Morgan fingerprint density at radius 2 is 2.05 bits per heavy atom. The standard InChI is InChI=1S/C14H25N3O2S/c1-5-13(15-4)11-17(6-2)20(18,19)12(3)14-9-7-8-10-16-14/h7-10,12-13,15H,5-6,11H2,1-4H3/t12-,13+/m1/s1. The van der Waals surface area contributed by atoms with Gasteiger partial charge in [0, 0.05) is 25.3 Å². The van der Waals surface area contributed by atoms with Crippen molar-refractivity contribution >= 4 is 10.0 Å². The van der Waals surface area contributed by atoms with E-state index in [4.69, 9.17) is 0 Å². The van der Waals surface area contributed by atoms with E-state index in [9.17, 15) is 8.42 Å². The van der Waals surface area contributed by atoms with Crippen molar-refractivity contribution in [1.82, 2.24) is 14.6 Å². The summed E-state index contributed by atoms with van der Waals surface area (Å²) in [5.74, 6) is 0. The summed E-state index contributed by atoms with van der Waals surface area (Å²) in [7, 11) is -1.53. The molecular weight excluding hydrogens is 274 g/mol. The van der Waals surface area contributed by atoms with Crippen LogP contribution in [0.3, 0.4) is 0 Å². The number of likely N-dealkylation sites (N-methyl/N-ethyl adjacent to an activating group) is 2. The number of pyridine rings is 1. The predicted octanol–water partition coefficient (Wildman–Crippen LogP) is 1.79. The van der Waals surface area contributed by atoms with Gasteiger partial charge >= 0.3 is 0 Å². The SMILES string of the molecule is CC[C@@H](CN(CC)S(=O)(=O)[C@H](C)c1ccccn1)NC. The van der Waals surface area contributed by atoms with Gasteiger partial charge in [0.1, 0.15) is 5.25 Å². The molecule has 0 saturated heterocycles. The number of sulfonamides is 1. The van der Waals surface area contributed by atoms with Crippen molar-refractivity contribution in [2.75, 3.05) is 20.1 Å². The third-order valence-corrected chi connectivity index (χ3v) is 5.85. The molecular formula is C14H25N3O2S. The zero-order valence-electron chi connectivity index (χ0n) is 12.7. The molecule has 0 saturated carbocycles. The maximum atomic E-state index is 12.7. The Balaban J connectivity index is 2.94. The van der Waals surface area contributed by atoms with Gasteiger partial charge in [-0.05, 0) is 32.5 Å². The molecule has 0 aromatic carbocycles. The summed E-state index contributed by atoms with van der Waals surface area (Å²) in [5, 5.41) is 2.52. The Morgan fingerprint density at radius 1 is 1.35 bits per heavy atom. The molecule has 0 amide bonds. The molecule has 0 aliphatic heterocycles. The van der Waals surface area contributed by atoms with Gasteiger partial charge in [0.15, 0.2) is 0 Å². The second kappa shape index (κ2) is 7.71. The van der Waals surface area contributed by atoms with E-state index in [0.717, 1.165) is 6.42 Å². The minimum absolute atomic E-state index is 0.167. The van der Waals surface area contributed by atoms with Crippen LogP contribution in [0.25, 0.3) is 0 Å². The molecule has 5 nitrogen and oxygen atoms in total. The first-order valence-corrected chi connectivity index (χ1v) is 8.54. The number of rotatable bonds is 8. The van der Waals surface area contributed by atoms with Crippen LogP contribution in [0.5, 0.6) is 0 Å². The highest BCUT2D eigenvalue weighted by atomic mass is 32.2. The summed E-state index contributed by atoms with van der Waals surface area (Å²) in [6.07, 6.45) is 2.51. The van der Waals surface area contributed by atoms with Crippen LogP contribution >= 0.6 is 0 Å². The van der Waals surface area contributed by atoms with Crippen LogP contribution in [0, 0.1) is 0 Å². The molecule has 114 valence electrons.